The van der Waals surface area contributed by atoms with Gasteiger partial charge in [0.2, 0.25) is 0 Å². The minimum absolute atomic E-state index is 0. The number of rotatable bonds is 5. The Balaban J connectivity index is 0.00000289. The molecular formula is C11H15ClN2O4. The van der Waals surface area contributed by atoms with Gasteiger partial charge in [-0.05, 0) is 18.2 Å². The number of benzene rings is 1. The summed E-state index contributed by atoms with van der Waals surface area (Å²) < 4.78 is 4.97. The quantitative estimate of drug-likeness (QED) is 0.700. The molecule has 0 aliphatic carbocycles. The van der Waals surface area contributed by atoms with Crippen LogP contribution in [0.5, 0.6) is 5.75 Å². The fourth-order valence-electron chi connectivity index (χ4n) is 1.31. The summed E-state index contributed by atoms with van der Waals surface area (Å²) in [7, 11) is 1.39. The van der Waals surface area contributed by atoms with Crippen molar-refractivity contribution in [2.75, 3.05) is 20.3 Å². The zero-order valence-electron chi connectivity index (χ0n) is 9.80. The summed E-state index contributed by atoms with van der Waals surface area (Å²) in [6.07, 6.45) is 0. The van der Waals surface area contributed by atoms with Crippen LogP contribution in [0.25, 0.3) is 0 Å². The van der Waals surface area contributed by atoms with E-state index >= 15 is 0 Å². The SMILES string of the molecule is COc1cc(C(=O)NCCO)ccc1C(N)=O.Cl. The zero-order chi connectivity index (χ0) is 12.8. The molecule has 0 fully saturated rings. The van der Waals surface area contributed by atoms with Crippen molar-refractivity contribution in [2.45, 2.75) is 0 Å². The van der Waals surface area contributed by atoms with Gasteiger partial charge in [-0.3, -0.25) is 9.59 Å². The molecule has 0 radical (unpaired) electrons. The number of ether oxygens (including phenoxy) is 1. The molecule has 0 aliphatic heterocycles. The van der Waals surface area contributed by atoms with Crippen LogP contribution in [0, 0.1) is 0 Å². The lowest BCUT2D eigenvalue weighted by Crippen LogP contribution is -2.26. The Morgan fingerprint density at radius 3 is 2.61 bits per heavy atom. The molecule has 0 heterocycles. The first-order valence-electron chi connectivity index (χ1n) is 4.97. The summed E-state index contributed by atoms with van der Waals surface area (Å²) in [5.41, 5.74) is 5.69. The Morgan fingerprint density at radius 2 is 2.11 bits per heavy atom. The average Bonchev–Trinajstić information content (AvgIpc) is 2.34. The number of aliphatic hydroxyl groups excluding tert-OH is 1. The third-order valence-electron chi connectivity index (χ3n) is 2.13. The van der Waals surface area contributed by atoms with Gasteiger partial charge in [-0.2, -0.15) is 0 Å². The average molecular weight is 275 g/mol. The first kappa shape index (κ1) is 16.2. The number of carbonyl (C=O) groups is 2. The maximum Gasteiger partial charge on any atom is 0.252 e. The van der Waals surface area contributed by atoms with Gasteiger partial charge >= 0.3 is 0 Å². The van der Waals surface area contributed by atoms with E-state index in [0.29, 0.717) is 5.56 Å². The van der Waals surface area contributed by atoms with Gasteiger partial charge in [0.15, 0.2) is 0 Å². The van der Waals surface area contributed by atoms with Crippen LogP contribution in [-0.4, -0.2) is 37.2 Å². The molecule has 0 spiro atoms. The van der Waals surface area contributed by atoms with Crippen LogP contribution < -0.4 is 15.8 Å². The third-order valence-corrected chi connectivity index (χ3v) is 2.13. The van der Waals surface area contributed by atoms with Crippen molar-refractivity contribution in [3.05, 3.63) is 29.3 Å². The number of carbonyl (C=O) groups excluding carboxylic acids is 2. The van der Waals surface area contributed by atoms with Crippen molar-refractivity contribution in [1.29, 1.82) is 0 Å². The van der Waals surface area contributed by atoms with Gasteiger partial charge in [0.1, 0.15) is 5.75 Å². The lowest BCUT2D eigenvalue weighted by Gasteiger charge is -2.08. The van der Waals surface area contributed by atoms with Gasteiger partial charge < -0.3 is 20.9 Å². The van der Waals surface area contributed by atoms with E-state index in [2.05, 4.69) is 5.32 Å². The molecule has 0 saturated carbocycles. The van der Waals surface area contributed by atoms with Gasteiger partial charge in [0.25, 0.3) is 11.8 Å². The highest BCUT2D eigenvalue weighted by Crippen LogP contribution is 2.19. The Kier molecular flexibility index (Phi) is 6.77. The molecule has 0 bridgehead atoms. The molecule has 4 N–H and O–H groups in total. The molecular weight excluding hydrogens is 260 g/mol. The molecule has 0 aliphatic rings. The van der Waals surface area contributed by atoms with Crippen molar-refractivity contribution in [2.24, 2.45) is 5.73 Å². The predicted octanol–water partition coefficient (Wildman–Crippen LogP) is -0.0620. The fraction of sp³-hybridized carbons (Fsp3) is 0.273. The first-order valence-corrected chi connectivity index (χ1v) is 4.97. The van der Waals surface area contributed by atoms with E-state index in [1.807, 2.05) is 0 Å². The molecule has 6 nitrogen and oxygen atoms in total. The van der Waals surface area contributed by atoms with Crippen LogP contribution in [0.15, 0.2) is 18.2 Å². The molecule has 18 heavy (non-hydrogen) atoms. The summed E-state index contributed by atoms with van der Waals surface area (Å²) in [5, 5.41) is 11.1. The minimum atomic E-state index is -0.621. The maximum atomic E-state index is 11.6. The normalized spacial score (nSPS) is 9.22. The summed E-state index contributed by atoms with van der Waals surface area (Å²) in [6.45, 7) is 0.0287. The standard InChI is InChI=1S/C11H14N2O4.ClH/c1-17-9-6-7(11(16)13-4-5-14)2-3-8(9)10(12)15;/h2-3,6,14H,4-5H2,1H3,(H2,12,15)(H,13,16);1H. The fourth-order valence-corrected chi connectivity index (χ4v) is 1.31. The second-order valence-electron chi connectivity index (χ2n) is 3.26. The van der Waals surface area contributed by atoms with Gasteiger partial charge in [0, 0.05) is 12.1 Å². The van der Waals surface area contributed by atoms with Crippen LogP contribution in [0.1, 0.15) is 20.7 Å². The van der Waals surface area contributed by atoms with Crippen molar-refractivity contribution >= 4 is 24.2 Å². The molecule has 1 aromatic carbocycles. The monoisotopic (exact) mass is 274 g/mol. The number of aliphatic hydroxyl groups is 1. The number of methoxy groups -OCH3 is 1. The molecule has 0 unspecified atom stereocenters. The first-order chi connectivity index (χ1) is 8.10. The molecule has 0 saturated heterocycles. The summed E-state index contributed by atoms with van der Waals surface area (Å²) in [4.78, 5) is 22.6. The van der Waals surface area contributed by atoms with Crippen molar-refractivity contribution in [1.82, 2.24) is 5.32 Å². The van der Waals surface area contributed by atoms with Gasteiger partial charge in [0.05, 0.1) is 19.3 Å². The topological polar surface area (TPSA) is 102 Å². The Hall–Kier alpha value is -1.79. The highest BCUT2D eigenvalue weighted by Gasteiger charge is 2.12. The van der Waals surface area contributed by atoms with Gasteiger partial charge in [-0.25, -0.2) is 0 Å². The highest BCUT2D eigenvalue weighted by atomic mass is 35.5. The maximum absolute atomic E-state index is 11.6. The van der Waals surface area contributed by atoms with Crippen LogP contribution in [0.3, 0.4) is 0 Å². The molecule has 0 atom stereocenters. The summed E-state index contributed by atoms with van der Waals surface area (Å²) in [5.74, 6) is -0.730. The van der Waals surface area contributed by atoms with Gasteiger partial charge in [-0.15, -0.1) is 12.4 Å². The zero-order valence-corrected chi connectivity index (χ0v) is 10.6. The number of nitrogens with two attached hydrogens (primary N) is 1. The second kappa shape index (κ2) is 7.52. The van der Waals surface area contributed by atoms with E-state index < -0.39 is 5.91 Å². The molecule has 1 aromatic rings. The van der Waals surface area contributed by atoms with Crippen molar-refractivity contribution in [3.63, 3.8) is 0 Å². The molecule has 1 rings (SSSR count). The van der Waals surface area contributed by atoms with Crippen molar-refractivity contribution < 1.29 is 19.4 Å². The van der Waals surface area contributed by atoms with Crippen LogP contribution >= 0.6 is 12.4 Å². The van der Waals surface area contributed by atoms with Crippen LogP contribution in [0.2, 0.25) is 0 Å². The number of nitrogens with one attached hydrogen (secondary N) is 1. The van der Waals surface area contributed by atoms with Gasteiger partial charge in [-0.1, -0.05) is 0 Å². The number of hydrogen-bond donors (Lipinski definition) is 3. The lowest BCUT2D eigenvalue weighted by atomic mass is 10.1. The third kappa shape index (κ3) is 3.90. The Bertz CT molecular complexity index is 437. The predicted molar refractivity (Wildman–Crippen MR) is 68.2 cm³/mol. The number of amides is 2. The van der Waals surface area contributed by atoms with Crippen LogP contribution in [-0.2, 0) is 0 Å². The highest BCUT2D eigenvalue weighted by molar-refractivity contribution is 5.99. The lowest BCUT2D eigenvalue weighted by molar-refractivity contribution is 0.0941. The Morgan fingerprint density at radius 1 is 1.44 bits per heavy atom. The van der Waals surface area contributed by atoms with Crippen LogP contribution in [0.4, 0.5) is 0 Å². The molecule has 100 valence electrons. The van der Waals surface area contributed by atoms with E-state index in [0.717, 1.165) is 0 Å². The Labute approximate surface area is 111 Å². The van der Waals surface area contributed by atoms with E-state index in [1.165, 1.54) is 25.3 Å². The number of hydrogen-bond acceptors (Lipinski definition) is 4. The van der Waals surface area contributed by atoms with E-state index in [9.17, 15) is 9.59 Å². The molecule has 7 heteroatoms. The van der Waals surface area contributed by atoms with E-state index in [1.54, 1.807) is 0 Å². The summed E-state index contributed by atoms with van der Waals surface area (Å²) in [6, 6.07) is 4.32. The van der Waals surface area contributed by atoms with Crippen molar-refractivity contribution in [3.8, 4) is 5.75 Å². The van der Waals surface area contributed by atoms with E-state index in [-0.39, 0.29) is 42.8 Å². The minimum Gasteiger partial charge on any atom is -0.496 e. The number of primary amides is 1. The largest absolute Gasteiger partial charge is 0.496 e. The summed E-state index contributed by atoms with van der Waals surface area (Å²) >= 11 is 0. The molecule has 0 aromatic heterocycles. The second-order valence-corrected chi connectivity index (χ2v) is 3.26. The number of halogens is 1. The smallest absolute Gasteiger partial charge is 0.252 e. The molecule has 2 amide bonds. The van der Waals surface area contributed by atoms with E-state index in [4.69, 9.17) is 15.6 Å².